The zero-order chi connectivity index (χ0) is 12.0. The summed E-state index contributed by atoms with van der Waals surface area (Å²) < 4.78 is 5.41. The maximum atomic E-state index is 6.28. The van der Waals surface area contributed by atoms with Gasteiger partial charge in [0, 0.05) is 21.5 Å². The van der Waals surface area contributed by atoms with Gasteiger partial charge in [-0.1, -0.05) is 11.6 Å². The lowest BCUT2D eigenvalue weighted by atomic mass is 9.79. The van der Waals surface area contributed by atoms with Crippen LogP contribution in [0.1, 0.15) is 32.3 Å². The molecule has 88 valence electrons. The van der Waals surface area contributed by atoms with Crippen molar-refractivity contribution in [2.24, 2.45) is 5.73 Å². The van der Waals surface area contributed by atoms with Crippen LogP contribution in [0.15, 0.2) is 18.2 Å². The lowest BCUT2D eigenvalue weighted by Gasteiger charge is -2.32. The lowest BCUT2D eigenvalue weighted by Crippen LogP contribution is -2.45. The summed E-state index contributed by atoms with van der Waals surface area (Å²) in [6.07, 6.45) is 2.21. The number of benzene rings is 1. The third-order valence-corrected chi connectivity index (χ3v) is 3.90. The van der Waals surface area contributed by atoms with Gasteiger partial charge < -0.3 is 10.5 Å². The van der Waals surface area contributed by atoms with Gasteiger partial charge in [-0.15, -0.1) is 0 Å². The Bertz CT molecular complexity index is 405. The maximum absolute atomic E-state index is 6.28. The zero-order valence-corrected chi connectivity index (χ0v) is 10.8. The number of ether oxygens (including phenoxy) is 1. The van der Waals surface area contributed by atoms with Gasteiger partial charge >= 0.3 is 0 Å². The van der Waals surface area contributed by atoms with Crippen molar-refractivity contribution in [3.05, 3.63) is 28.8 Å². The Hall–Kier alpha value is -0.730. The topological polar surface area (TPSA) is 35.2 Å². The molecule has 0 unspecified atom stereocenters. The molecule has 1 aliphatic carbocycles. The highest BCUT2D eigenvalue weighted by atomic mass is 35.5. The number of methoxy groups -OCH3 is 1. The second-order valence-electron chi connectivity index (χ2n) is 5.15. The van der Waals surface area contributed by atoms with Gasteiger partial charge in [-0.2, -0.15) is 0 Å². The first-order valence-electron chi connectivity index (χ1n) is 5.54. The summed E-state index contributed by atoms with van der Waals surface area (Å²) >= 11 is 6.06. The Morgan fingerprint density at radius 1 is 1.38 bits per heavy atom. The predicted molar refractivity (Wildman–Crippen MR) is 67.2 cm³/mol. The number of halogens is 1. The molecule has 1 aromatic rings. The van der Waals surface area contributed by atoms with Gasteiger partial charge in [-0.05, 0) is 44.9 Å². The molecular formula is C13H18ClNO. The van der Waals surface area contributed by atoms with Crippen molar-refractivity contribution in [1.29, 1.82) is 0 Å². The fraction of sp³-hybridized carbons (Fsp3) is 0.538. The van der Waals surface area contributed by atoms with Crippen molar-refractivity contribution in [2.45, 2.75) is 37.6 Å². The monoisotopic (exact) mass is 239 g/mol. The first-order valence-corrected chi connectivity index (χ1v) is 5.91. The van der Waals surface area contributed by atoms with Crippen LogP contribution < -0.4 is 10.5 Å². The molecule has 0 atom stereocenters. The third-order valence-electron chi connectivity index (χ3n) is 3.66. The third kappa shape index (κ3) is 1.70. The van der Waals surface area contributed by atoms with Crippen LogP contribution in [0.25, 0.3) is 0 Å². The molecule has 0 spiro atoms. The molecule has 0 amide bonds. The van der Waals surface area contributed by atoms with Gasteiger partial charge in [-0.3, -0.25) is 0 Å². The van der Waals surface area contributed by atoms with E-state index >= 15 is 0 Å². The molecule has 0 aromatic heterocycles. The highest BCUT2D eigenvalue weighted by molar-refractivity contribution is 6.30. The second-order valence-corrected chi connectivity index (χ2v) is 5.58. The highest BCUT2D eigenvalue weighted by Gasteiger charge is 2.55. The minimum Gasteiger partial charge on any atom is -0.496 e. The van der Waals surface area contributed by atoms with E-state index in [9.17, 15) is 0 Å². The van der Waals surface area contributed by atoms with Gasteiger partial charge in [0.2, 0.25) is 0 Å². The van der Waals surface area contributed by atoms with Crippen LogP contribution in [0, 0.1) is 0 Å². The van der Waals surface area contributed by atoms with E-state index in [-0.39, 0.29) is 11.0 Å². The molecule has 1 aliphatic rings. The molecule has 1 saturated carbocycles. The van der Waals surface area contributed by atoms with E-state index < -0.39 is 0 Å². The van der Waals surface area contributed by atoms with Gasteiger partial charge in [0.15, 0.2) is 0 Å². The minimum atomic E-state index is -0.245. The SMILES string of the molecule is COc1ccc(Cl)cc1C1(C(C)(C)N)CC1. The smallest absolute Gasteiger partial charge is 0.122 e. The first kappa shape index (κ1) is 11.7. The van der Waals surface area contributed by atoms with E-state index in [1.807, 2.05) is 18.2 Å². The summed E-state index contributed by atoms with van der Waals surface area (Å²) in [5.74, 6) is 0.889. The minimum absolute atomic E-state index is 0.0310. The molecule has 2 nitrogen and oxygen atoms in total. The van der Waals surface area contributed by atoms with Gasteiger partial charge in [0.05, 0.1) is 7.11 Å². The van der Waals surface area contributed by atoms with Crippen LogP contribution in [0.4, 0.5) is 0 Å². The molecule has 0 aliphatic heterocycles. The first-order chi connectivity index (χ1) is 7.40. The van der Waals surface area contributed by atoms with E-state index in [0.29, 0.717) is 0 Å². The van der Waals surface area contributed by atoms with Gasteiger partial charge in [0.25, 0.3) is 0 Å². The van der Waals surface area contributed by atoms with Crippen molar-refractivity contribution in [1.82, 2.24) is 0 Å². The van der Waals surface area contributed by atoms with Crippen LogP contribution in [0.3, 0.4) is 0 Å². The van der Waals surface area contributed by atoms with E-state index in [1.165, 1.54) is 0 Å². The normalized spacial score (nSPS) is 18.3. The molecule has 16 heavy (non-hydrogen) atoms. The Balaban J connectivity index is 2.51. The largest absolute Gasteiger partial charge is 0.496 e. The molecule has 1 fully saturated rings. The summed E-state index contributed by atoms with van der Waals surface area (Å²) in [4.78, 5) is 0. The zero-order valence-electron chi connectivity index (χ0n) is 10.0. The van der Waals surface area contributed by atoms with Crippen molar-refractivity contribution >= 4 is 11.6 Å². The van der Waals surface area contributed by atoms with Crippen LogP contribution in [-0.2, 0) is 5.41 Å². The van der Waals surface area contributed by atoms with Crippen LogP contribution in [0.5, 0.6) is 5.75 Å². The van der Waals surface area contributed by atoms with E-state index in [2.05, 4.69) is 13.8 Å². The molecule has 0 heterocycles. The Morgan fingerprint density at radius 2 is 2.00 bits per heavy atom. The molecule has 3 heteroatoms. The van der Waals surface area contributed by atoms with Crippen LogP contribution >= 0.6 is 11.6 Å². The average molecular weight is 240 g/mol. The van der Waals surface area contributed by atoms with Crippen LogP contribution in [-0.4, -0.2) is 12.6 Å². The molecule has 2 N–H and O–H groups in total. The van der Waals surface area contributed by atoms with Crippen molar-refractivity contribution in [3.8, 4) is 5.75 Å². The quantitative estimate of drug-likeness (QED) is 0.880. The van der Waals surface area contributed by atoms with Crippen molar-refractivity contribution < 1.29 is 4.74 Å². The molecule has 0 bridgehead atoms. The van der Waals surface area contributed by atoms with E-state index in [1.54, 1.807) is 7.11 Å². The highest BCUT2D eigenvalue weighted by Crippen LogP contribution is 2.57. The van der Waals surface area contributed by atoms with Crippen molar-refractivity contribution in [2.75, 3.05) is 7.11 Å². The van der Waals surface area contributed by atoms with Gasteiger partial charge in [0.1, 0.15) is 5.75 Å². The van der Waals surface area contributed by atoms with Crippen molar-refractivity contribution in [3.63, 3.8) is 0 Å². The van der Waals surface area contributed by atoms with E-state index in [4.69, 9.17) is 22.1 Å². The summed E-state index contributed by atoms with van der Waals surface area (Å²) in [5, 5.41) is 0.742. The molecule has 0 saturated heterocycles. The lowest BCUT2D eigenvalue weighted by molar-refractivity contribution is 0.360. The Labute approximate surface area is 102 Å². The maximum Gasteiger partial charge on any atom is 0.122 e. The summed E-state index contributed by atoms with van der Waals surface area (Å²) in [5.41, 5.74) is 7.22. The fourth-order valence-corrected chi connectivity index (χ4v) is 2.61. The average Bonchev–Trinajstić information content (AvgIpc) is 2.97. The Kier molecular flexibility index (Phi) is 2.67. The van der Waals surface area contributed by atoms with Crippen LogP contribution in [0.2, 0.25) is 5.02 Å². The molecule has 1 aromatic carbocycles. The number of hydrogen-bond acceptors (Lipinski definition) is 2. The van der Waals surface area contributed by atoms with E-state index in [0.717, 1.165) is 29.2 Å². The number of rotatable bonds is 3. The standard InChI is InChI=1S/C13H18ClNO/c1-12(2,15)13(6-7-13)10-8-9(14)4-5-11(10)16-3/h4-5,8H,6-7,15H2,1-3H3. The summed E-state index contributed by atoms with van der Waals surface area (Å²) in [7, 11) is 1.69. The molecular weight excluding hydrogens is 222 g/mol. The molecule has 0 radical (unpaired) electrons. The number of nitrogens with two attached hydrogens (primary N) is 1. The Morgan fingerprint density at radius 3 is 2.44 bits per heavy atom. The summed E-state index contributed by atoms with van der Waals surface area (Å²) in [6, 6.07) is 5.76. The van der Waals surface area contributed by atoms with Gasteiger partial charge in [-0.25, -0.2) is 0 Å². The fourth-order valence-electron chi connectivity index (χ4n) is 2.44. The second kappa shape index (κ2) is 3.64. The number of hydrogen-bond donors (Lipinski definition) is 1. The summed E-state index contributed by atoms with van der Waals surface area (Å²) in [6.45, 7) is 4.14. The predicted octanol–water partition coefficient (Wildman–Crippen LogP) is 3.12. The molecule has 2 rings (SSSR count).